The van der Waals surface area contributed by atoms with Crippen molar-refractivity contribution in [3.63, 3.8) is 0 Å². The number of piperazine rings is 1. The van der Waals surface area contributed by atoms with Crippen LogP contribution >= 0.6 is 15.9 Å². The Hall–Kier alpha value is -0.660. The van der Waals surface area contributed by atoms with Crippen LogP contribution in [0.5, 0.6) is 0 Å². The first kappa shape index (κ1) is 15.7. The summed E-state index contributed by atoms with van der Waals surface area (Å²) in [4.78, 5) is 6.18. The Labute approximate surface area is 124 Å². The second-order valence-electron chi connectivity index (χ2n) is 4.89. The van der Waals surface area contributed by atoms with Gasteiger partial charge in [-0.3, -0.25) is 9.88 Å². The van der Waals surface area contributed by atoms with Gasteiger partial charge >= 0.3 is 6.18 Å². The minimum absolute atomic E-state index is 0.0711. The smallest absolute Gasteiger partial charge is 0.314 e. The van der Waals surface area contributed by atoms with Crippen LogP contribution in [0.2, 0.25) is 0 Å². The number of aromatic nitrogens is 1. The summed E-state index contributed by atoms with van der Waals surface area (Å²) in [7, 11) is 0. The minimum Gasteiger partial charge on any atom is -0.314 e. The Morgan fingerprint density at radius 1 is 1.30 bits per heavy atom. The van der Waals surface area contributed by atoms with E-state index in [0.29, 0.717) is 0 Å². The lowest BCUT2D eigenvalue weighted by molar-refractivity contribution is -0.138. The van der Waals surface area contributed by atoms with E-state index in [1.54, 1.807) is 12.4 Å². The highest BCUT2D eigenvalue weighted by Crippen LogP contribution is 2.32. The van der Waals surface area contributed by atoms with Gasteiger partial charge in [0.05, 0.1) is 0 Å². The summed E-state index contributed by atoms with van der Waals surface area (Å²) in [5.41, 5.74) is 0.838. The van der Waals surface area contributed by atoms with E-state index in [1.165, 1.54) is 0 Å². The SMILES string of the molecule is FC(F)(F)CC[C@H](c1cncc(Br)c1)N1CCNCC1. The molecule has 0 aliphatic carbocycles. The lowest BCUT2D eigenvalue weighted by Gasteiger charge is -2.35. The fourth-order valence-corrected chi connectivity index (χ4v) is 2.85. The van der Waals surface area contributed by atoms with Crippen LogP contribution in [0.3, 0.4) is 0 Å². The molecule has 0 bridgehead atoms. The first-order valence-electron chi connectivity index (χ1n) is 6.58. The van der Waals surface area contributed by atoms with Crippen LogP contribution in [0.4, 0.5) is 13.2 Å². The van der Waals surface area contributed by atoms with E-state index < -0.39 is 12.6 Å². The first-order chi connectivity index (χ1) is 9.46. The average Bonchev–Trinajstić information content (AvgIpc) is 2.39. The summed E-state index contributed by atoms with van der Waals surface area (Å²) in [6, 6.07) is 1.62. The minimum atomic E-state index is -4.12. The van der Waals surface area contributed by atoms with Gasteiger partial charge in [0.2, 0.25) is 0 Å². The van der Waals surface area contributed by atoms with Gasteiger partial charge in [0.25, 0.3) is 0 Å². The van der Waals surface area contributed by atoms with E-state index in [-0.39, 0.29) is 12.5 Å². The molecule has 1 aliphatic rings. The summed E-state index contributed by atoms with van der Waals surface area (Å²) in [5, 5.41) is 3.22. The highest BCUT2D eigenvalue weighted by molar-refractivity contribution is 9.10. The van der Waals surface area contributed by atoms with Crippen molar-refractivity contribution in [2.75, 3.05) is 26.2 Å². The van der Waals surface area contributed by atoms with Gasteiger partial charge in [-0.2, -0.15) is 13.2 Å². The third kappa shape index (κ3) is 4.71. The van der Waals surface area contributed by atoms with Gasteiger partial charge in [-0.1, -0.05) is 0 Å². The van der Waals surface area contributed by atoms with Crippen LogP contribution in [0, 0.1) is 0 Å². The molecule has 1 saturated heterocycles. The van der Waals surface area contributed by atoms with Crippen molar-refractivity contribution in [2.24, 2.45) is 0 Å². The van der Waals surface area contributed by atoms with Crippen molar-refractivity contribution in [1.29, 1.82) is 0 Å². The summed E-state index contributed by atoms with van der Waals surface area (Å²) < 4.78 is 38.4. The summed E-state index contributed by atoms with van der Waals surface area (Å²) >= 11 is 3.33. The standard InChI is InChI=1S/C13H17BrF3N3/c14-11-7-10(8-19-9-11)12(1-2-13(15,16)17)20-5-3-18-4-6-20/h7-9,12,18H,1-6H2/t12-/m1/s1. The summed E-state index contributed by atoms with van der Waals surface area (Å²) in [6.07, 6.45) is -1.52. The number of halogens is 4. The highest BCUT2D eigenvalue weighted by Gasteiger charge is 2.31. The van der Waals surface area contributed by atoms with Crippen molar-refractivity contribution in [3.8, 4) is 0 Å². The molecule has 7 heteroatoms. The van der Waals surface area contributed by atoms with Gasteiger partial charge in [-0.05, 0) is 34.0 Å². The number of alkyl halides is 3. The van der Waals surface area contributed by atoms with Crippen molar-refractivity contribution in [2.45, 2.75) is 25.1 Å². The molecule has 1 fully saturated rings. The van der Waals surface area contributed by atoms with Crippen molar-refractivity contribution >= 4 is 15.9 Å². The molecule has 2 rings (SSSR count). The monoisotopic (exact) mass is 351 g/mol. The first-order valence-corrected chi connectivity index (χ1v) is 7.37. The molecule has 3 nitrogen and oxygen atoms in total. The van der Waals surface area contributed by atoms with Crippen LogP contribution in [0.15, 0.2) is 22.9 Å². The zero-order valence-electron chi connectivity index (χ0n) is 11.0. The number of pyridine rings is 1. The molecule has 1 atom stereocenters. The number of nitrogens with zero attached hydrogens (tertiary/aromatic N) is 2. The summed E-state index contributed by atoms with van der Waals surface area (Å²) in [6.45, 7) is 3.14. The molecule has 1 aromatic rings. The van der Waals surface area contributed by atoms with E-state index in [1.807, 2.05) is 6.07 Å². The quantitative estimate of drug-likeness (QED) is 0.903. The van der Waals surface area contributed by atoms with Crippen molar-refractivity contribution < 1.29 is 13.2 Å². The van der Waals surface area contributed by atoms with Gasteiger partial charge in [-0.15, -0.1) is 0 Å². The summed E-state index contributed by atoms with van der Waals surface area (Å²) in [5.74, 6) is 0. The fourth-order valence-electron chi connectivity index (χ4n) is 2.46. The zero-order valence-corrected chi connectivity index (χ0v) is 12.5. The van der Waals surface area contributed by atoms with E-state index >= 15 is 0 Å². The lowest BCUT2D eigenvalue weighted by Crippen LogP contribution is -2.45. The average molecular weight is 352 g/mol. The predicted molar refractivity (Wildman–Crippen MR) is 74.4 cm³/mol. The van der Waals surface area contributed by atoms with Gasteiger partial charge in [0.15, 0.2) is 0 Å². The number of hydrogen-bond donors (Lipinski definition) is 1. The van der Waals surface area contributed by atoms with Crippen molar-refractivity contribution in [1.82, 2.24) is 15.2 Å². The highest BCUT2D eigenvalue weighted by atomic mass is 79.9. The Kier molecular flexibility index (Phi) is 5.40. The van der Waals surface area contributed by atoms with Crippen LogP contribution in [-0.4, -0.2) is 42.2 Å². The van der Waals surface area contributed by atoms with E-state index in [9.17, 15) is 13.2 Å². The molecule has 0 saturated carbocycles. The van der Waals surface area contributed by atoms with Gasteiger partial charge in [-0.25, -0.2) is 0 Å². The van der Waals surface area contributed by atoms with E-state index in [0.717, 1.165) is 36.2 Å². The molecule has 0 amide bonds. The fraction of sp³-hybridized carbons (Fsp3) is 0.615. The molecule has 0 spiro atoms. The van der Waals surface area contributed by atoms with Crippen LogP contribution < -0.4 is 5.32 Å². The third-order valence-corrected chi connectivity index (χ3v) is 3.84. The maximum atomic E-state index is 12.5. The molecule has 2 heterocycles. The molecule has 112 valence electrons. The Morgan fingerprint density at radius 2 is 2.00 bits per heavy atom. The van der Waals surface area contributed by atoms with Crippen LogP contribution in [0.1, 0.15) is 24.4 Å². The van der Waals surface area contributed by atoms with E-state index in [4.69, 9.17) is 0 Å². The molecule has 1 aliphatic heterocycles. The number of hydrogen-bond acceptors (Lipinski definition) is 3. The molecule has 1 aromatic heterocycles. The third-order valence-electron chi connectivity index (χ3n) is 3.40. The predicted octanol–water partition coefficient (Wildman–Crippen LogP) is 3.13. The van der Waals surface area contributed by atoms with E-state index in [2.05, 4.69) is 31.1 Å². The zero-order chi connectivity index (χ0) is 14.6. The number of rotatable bonds is 4. The Morgan fingerprint density at radius 3 is 2.60 bits per heavy atom. The molecule has 0 radical (unpaired) electrons. The molecule has 0 aromatic carbocycles. The number of nitrogens with one attached hydrogen (secondary N) is 1. The van der Waals surface area contributed by atoms with Crippen LogP contribution in [-0.2, 0) is 0 Å². The van der Waals surface area contributed by atoms with Gasteiger partial charge in [0.1, 0.15) is 0 Å². The molecule has 0 unspecified atom stereocenters. The second kappa shape index (κ2) is 6.87. The largest absolute Gasteiger partial charge is 0.389 e. The molecular formula is C13H17BrF3N3. The Balaban J connectivity index is 2.14. The van der Waals surface area contributed by atoms with Crippen molar-refractivity contribution in [3.05, 3.63) is 28.5 Å². The molecular weight excluding hydrogens is 335 g/mol. The van der Waals surface area contributed by atoms with Crippen LogP contribution in [0.25, 0.3) is 0 Å². The normalized spacial score (nSPS) is 19.0. The molecule has 1 N–H and O–H groups in total. The lowest BCUT2D eigenvalue weighted by atomic mass is 10.0. The van der Waals surface area contributed by atoms with Gasteiger partial charge < -0.3 is 5.32 Å². The van der Waals surface area contributed by atoms with Gasteiger partial charge in [0, 0.05) is 55.5 Å². The maximum absolute atomic E-state index is 12.5. The second-order valence-corrected chi connectivity index (χ2v) is 5.81. The maximum Gasteiger partial charge on any atom is 0.389 e. The Bertz CT molecular complexity index is 433. The topological polar surface area (TPSA) is 28.2 Å². The molecule has 20 heavy (non-hydrogen) atoms.